The number of hydrogen-bond acceptors (Lipinski definition) is 4. The molecule has 7 nitrogen and oxygen atoms in total. The Morgan fingerprint density at radius 1 is 1.21 bits per heavy atom. The van der Waals surface area contributed by atoms with E-state index in [2.05, 4.69) is 9.98 Å². The number of aliphatic hydroxyl groups is 1. The number of aromatic nitrogens is 4. The smallest absolute Gasteiger partial charge is 0.330 e. The lowest BCUT2D eigenvalue weighted by atomic mass is 10.1. The van der Waals surface area contributed by atoms with Crippen LogP contribution in [0.3, 0.4) is 0 Å². The van der Waals surface area contributed by atoms with Gasteiger partial charge in [0, 0.05) is 20.6 Å². The number of rotatable bonds is 4. The van der Waals surface area contributed by atoms with Crippen LogP contribution in [-0.2, 0) is 20.6 Å². The number of nitrogens with zero attached hydrogens (tertiary/aromatic N) is 5. The van der Waals surface area contributed by atoms with Gasteiger partial charge in [0.05, 0.1) is 19.0 Å². The van der Waals surface area contributed by atoms with E-state index in [0.29, 0.717) is 24.2 Å². The first kappa shape index (κ1) is 16.2. The standard InChI is InChI=1S/C17H21N5O2/c1-4-18-15-14-16(21(3)17(24)20(15)2)19-11-22(14)10-13(23)12-8-6-5-7-9-12/h5-9,11,13,23H,4,10H2,1-3H3. The fraction of sp³-hybridized carbons (Fsp3) is 0.353. The molecule has 7 heteroatoms. The van der Waals surface area contributed by atoms with Crippen LogP contribution in [0.2, 0.25) is 0 Å². The van der Waals surface area contributed by atoms with Crippen molar-refractivity contribution in [3.05, 3.63) is 58.2 Å². The molecule has 3 aromatic rings. The lowest BCUT2D eigenvalue weighted by Gasteiger charge is -2.13. The molecule has 0 spiro atoms. The molecule has 1 atom stereocenters. The molecule has 24 heavy (non-hydrogen) atoms. The van der Waals surface area contributed by atoms with Gasteiger partial charge in [0.15, 0.2) is 11.1 Å². The highest BCUT2D eigenvalue weighted by Crippen LogP contribution is 2.16. The van der Waals surface area contributed by atoms with Crippen molar-refractivity contribution in [1.29, 1.82) is 0 Å². The van der Waals surface area contributed by atoms with Crippen LogP contribution in [0.1, 0.15) is 18.6 Å². The van der Waals surface area contributed by atoms with Crippen molar-refractivity contribution in [3.8, 4) is 0 Å². The van der Waals surface area contributed by atoms with E-state index in [1.54, 1.807) is 20.4 Å². The molecule has 0 amide bonds. The Kier molecular flexibility index (Phi) is 4.35. The lowest BCUT2D eigenvalue weighted by Crippen LogP contribution is -2.38. The quantitative estimate of drug-likeness (QED) is 0.767. The number of hydrogen-bond donors (Lipinski definition) is 1. The molecule has 2 heterocycles. The maximum atomic E-state index is 12.3. The van der Waals surface area contributed by atoms with E-state index in [1.807, 2.05) is 41.8 Å². The molecular weight excluding hydrogens is 306 g/mol. The molecule has 0 saturated heterocycles. The molecule has 1 N–H and O–H groups in total. The molecule has 0 bridgehead atoms. The lowest BCUT2D eigenvalue weighted by molar-refractivity contribution is 0.158. The van der Waals surface area contributed by atoms with E-state index in [0.717, 1.165) is 11.1 Å². The second-order valence-electron chi connectivity index (χ2n) is 5.69. The van der Waals surface area contributed by atoms with Gasteiger partial charge >= 0.3 is 5.69 Å². The fourth-order valence-electron chi connectivity index (χ4n) is 2.85. The average Bonchev–Trinajstić information content (AvgIpc) is 3.01. The topological polar surface area (TPSA) is 77.3 Å². The highest BCUT2D eigenvalue weighted by atomic mass is 16.3. The number of fused-ring (bicyclic) bond motifs is 1. The van der Waals surface area contributed by atoms with E-state index >= 15 is 0 Å². The Labute approximate surface area is 139 Å². The Morgan fingerprint density at radius 2 is 1.92 bits per heavy atom. The highest BCUT2D eigenvalue weighted by Gasteiger charge is 2.15. The van der Waals surface area contributed by atoms with E-state index in [-0.39, 0.29) is 5.69 Å². The molecule has 3 rings (SSSR count). The van der Waals surface area contributed by atoms with Gasteiger partial charge < -0.3 is 9.67 Å². The van der Waals surface area contributed by atoms with Crippen LogP contribution in [0.15, 0.2) is 46.4 Å². The zero-order chi connectivity index (χ0) is 17.3. The molecule has 1 unspecified atom stereocenters. The summed E-state index contributed by atoms with van der Waals surface area (Å²) in [5.41, 5.74) is 2.54. The molecule has 0 aliphatic rings. The Hall–Kier alpha value is -2.67. The van der Waals surface area contributed by atoms with Crippen LogP contribution in [0, 0.1) is 0 Å². The molecule has 0 aliphatic heterocycles. The van der Waals surface area contributed by atoms with E-state index in [4.69, 9.17) is 0 Å². The SMILES string of the molecule is CCN=c1c2c(ncn2CC(O)c2ccccc2)n(C)c(=O)n1C. The van der Waals surface area contributed by atoms with Gasteiger partial charge in [0.2, 0.25) is 0 Å². The first-order valence-electron chi connectivity index (χ1n) is 7.89. The predicted octanol–water partition coefficient (Wildman–Crippen LogP) is 0.728. The first-order valence-corrected chi connectivity index (χ1v) is 7.89. The third-order valence-electron chi connectivity index (χ3n) is 4.10. The summed E-state index contributed by atoms with van der Waals surface area (Å²) >= 11 is 0. The van der Waals surface area contributed by atoms with Crippen molar-refractivity contribution >= 4 is 11.2 Å². The van der Waals surface area contributed by atoms with Crippen molar-refractivity contribution in [2.24, 2.45) is 19.1 Å². The molecular formula is C17H21N5O2. The highest BCUT2D eigenvalue weighted by molar-refractivity contribution is 5.69. The zero-order valence-electron chi connectivity index (χ0n) is 14.0. The van der Waals surface area contributed by atoms with Crippen molar-refractivity contribution in [3.63, 3.8) is 0 Å². The maximum Gasteiger partial charge on any atom is 0.330 e. The number of aliphatic hydroxyl groups excluding tert-OH is 1. The van der Waals surface area contributed by atoms with Gasteiger partial charge in [-0.25, -0.2) is 9.78 Å². The van der Waals surface area contributed by atoms with Crippen molar-refractivity contribution in [1.82, 2.24) is 18.7 Å². The van der Waals surface area contributed by atoms with Crippen molar-refractivity contribution < 1.29 is 5.11 Å². The van der Waals surface area contributed by atoms with Crippen molar-refractivity contribution in [2.45, 2.75) is 19.6 Å². The Bertz CT molecular complexity index is 982. The van der Waals surface area contributed by atoms with E-state index in [1.165, 1.54) is 9.13 Å². The molecule has 0 aliphatic carbocycles. The average molecular weight is 327 g/mol. The summed E-state index contributed by atoms with van der Waals surface area (Å²) in [6.07, 6.45) is 0.978. The largest absolute Gasteiger partial charge is 0.387 e. The number of benzene rings is 1. The third-order valence-corrected chi connectivity index (χ3v) is 4.10. The van der Waals surface area contributed by atoms with Crippen LogP contribution < -0.4 is 11.2 Å². The van der Waals surface area contributed by atoms with E-state index < -0.39 is 6.10 Å². The summed E-state index contributed by atoms with van der Waals surface area (Å²) in [6.45, 7) is 2.82. The first-order chi connectivity index (χ1) is 11.5. The van der Waals surface area contributed by atoms with Crippen molar-refractivity contribution in [2.75, 3.05) is 6.54 Å². The van der Waals surface area contributed by atoms with Gasteiger partial charge in [0.1, 0.15) is 5.52 Å². The molecule has 126 valence electrons. The minimum atomic E-state index is -0.666. The summed E-state index contributed by atoms with van der Waals surface area (Å²) in [6, 6.07) is 9.48. The molecule has 1 aromatic carbocycles. The summed E-state index contributed by atoms with van der Waals surface area (Å²) in [4.78, 5) is 21.1. The van der Waals surface area contributed by atoms with Gasteiger partial charge in [0.25, 0.3) is 0 Å². The summed E-state index contributed by atoms with van der Waals surface area (Å²) in [7, 11) is 3.38. The monoisotopic (exact) mass is 327 g/mol. The summed E-state index contributed by atoms with van der Waals surface area (Å²) in [5, 5.41) is 10.5. The Morgan fingerprint density at radius 3 is 2.58 bits per heavy atom. The van der Waals surface area contributed by atoms with Crippen LogP contribution in [0.5, 0.6) is 0 Å². The van der Waals surface area contributed by atoms with E-state index in [9.17, 15) is 9.90 Å². The molecule has 0 saturated carbocycles. The van der Waals surface area contributed by atoms with Crippen LogP contribution in [0.25, 0.3) is 11.2 Å². The second kappa shape index (κ2) is 6.45. The normalized spacial score (nSPS) is 13.6. The number of imidazole rings is 1. The van der Waals surface area contributed by atoms with Gasteiger partial charge in [-0.1, -0.05) is 30.3 Å². The minimum Gasteiger partial charge on any atom is -0.387 e. The van der Waals surface area contributed by atoms with Crippen LogP contribution in [0.4, 0.5) is 0 Å². The second-order valence-corrected chi connectivity index (χ2v) is 5.69. The van der Waals surface area contributed by atoms with Crippen LogP contribution >= 0.6 is 0 Å². The van der Waals surface area contributed by atoms with Gasteiger partial charge in [-0.15, -0.1) is 0 Å². The fourth-order valence-corrected chi connectivity index (χ4v) is 2.85. The molecule has 0 radical (unpaired) electrons. The van der Waals surface area contributed by atoms with Crippen LogP contribution in [-0.4, -0.2) is 30.3 Å². The third kappa shape index (κ3) is 2.67. The minimum absolute atomic E-state index is 0.177. The maximum absolute atomic E-state index is 12.3. The molecule has 2 aromatic heterocycles. The predicted molar refractivity (Wildman–Crippen MR) is 91.5 cm³/mol. The molecule has 0 fully saturated rings. The Balaban J connectivity index is 2.17. The van der Waals surface area contributed by atoms with Gasteiger partial charge in [-0.05, 0) is 12.5 Å². The zero-order valence-corrected chi connectivity index (χ0v) is 14.0. The van der Waals surface area contributed by atoms with Gasteiger partial charge in [-0.2, -0.15) is 0 Å². The van der Waals surface area contributed by atoms with Gasteiger partial charge in [-0.3, -0.25) is 14.1 Å². The summed E-state index contributed by atoms with van der Waals surface area (Å²) < 4.78 is 4.86. The number of aryl methyl sites for hydroxylation is 1. The summed E-state index contributed by atoms with van der Waals surface area (Å²) in [5.74, 6) is 0.